The zero-order chi connectivity index (χ0) is 24.5. The minimum Gasteiger partial charge on any atom is -0.465 e. The normalized spacial score (nSPS) is 18.2. The number of hydrogen-bond donors (Lipinski definition) is 4. The lowest BCUT2D eigenvalue weighted by molar-refractivity contribution is 0.101. The van der Waals surface area contributed by atoms with E-state index in [0.717, 1.165) is 33.9 Å². The van der Waals surface area contributed by atoms with Gasteiger partial charge in [-0.1, -0.05) is 0 Å². The monoisotopic (exact) mass is 483 g/mol. The Hall–Kier alpha value is -3.54. The van der Waals surface area contributed by atoms with Gasteiger partial charge in [-0.3, -0.25) is 4.79 Å². The topological polar surface area (TPSA) is 165 Å². The number of rotatable bonds is 6. The van der Waals surface area contributed by atoms with Crippen molar-refractivity contribution in [3.8, 4) is 6.07 Å². The van der Waals surface area contributed by atoms with Crippen LogP contribution >= 0.6 is 0 Å². The van der Waals surface area contributed by atoms with Crippen LogP contribution in [0.15, 0.2) is 29.3 Å². The number of nitrogens with zero attached hydrogens (tertiary/aromatic N) is 3. The fourth-order valence-corrected chi connectivity index (χ4v) is 4.93. The van der Waals surface area contributed by atoms with E-state index in [9.17, 15) is 27.5 Å². The fraction of sp³-hybridized carbons (Fsp3) is 0.316. The number of aryl methyl sites for hydroxylation is 1. The van der Waals surface area contributed by atoms with Crippen LogP contribution < -0.4 is 10.0 Å². The third-order valence-corrected chi connectivity index (χ3v) is 6.67. The van der Waals surface area contributed by atoms with Crippen LogP contribution in [0.3, 0.4) is 0 Å². The molecule has 11 nitrogen and oxygen atoms in total. The van der Waals surface area contributed by atoms with E-state index >= 15 is 4.39 Å². The third-order valence-electron chi connectivity index (χ3n) is 5.19. The van der Waals surface area contributed by atoms with Crippen LogP contribution in [0.5, 0.6) is 0 Å². The Balaban J connectivity index is 1.85. The zero-order valence-corrected chi connectivity index (χ0v) is 17.9. The number of nitrogens with one attached hydrogen (secondary N) is 2. The van der Waals surface area contributed by atoms with Crippen LogP contribution in [0, 0.1) is 28.9 Å². The van der Waals surface area contributed by atoms with Gasteiger partial charge < -0.3 is 25.0 Å². The van der Waals surface area contributed by atoms with Crippen molar-refractivity contribution in [1.29, 1.82) is 5.26 Å². The van der Waals surface area contributed by atoms with Crippen LogP contribution in [0.1, 0.15) is 16.1 Å². The molecule has 0 spiro atoms. The molecule has 4 N–H and O–H groups in total. The van der Waals surface area contributed by atoms with Crippen molar-refractivity contribution in [2.75, 3.05) is 25.0 Å². The number of carbonyl (C=O) groups is 2. The van der Waals surface area contributed by atoms with Crippen molar-refractivity contribution in [3.63, 3.8) is 0 Å². The highest BCUT2D eigenvalue weighted by atomic mass is 32.2. The van der Waals surface area contributed by atoms with Crippen LogP contribution in [-0.4, -0.2) is 65.8 Å². The molecule has 14 heteroatoms. The standard InChI is InChI=1S/C19H19F2N5O6S/c1-25-8-15(33(31,32)24-14-7-26(19(29)30)6-11(14)9-27)16(21)17(25)18(28)23-12-2-3-13(20)10(4-12)5-22/h2-4,8,11,14,24,27H,6-7,9H2,1H3,(H,23,28)(H,29,30). The molecule has 2 atom stereocenters. The SMILES string of the molecule is Cn1cc(S(=O)(=O)NC2CN(C(=O)O)CC2CO)c(F)c1C(=O)Nc1ccc(F)c(C#N)c1. The molecule has 1 fully saturated rings. The molecule has 0 aliphatic carbocycles. The Kier molecular flexibility index (Phi) is 6.68. The van der Waals surface area contributed by atoms with E-state index in [0.29, 0.717) is 0 Å². The Labute approximate surface area is 186 Å². The second kappa shape index (κ2) is 9.14. The lowest BCUT2D eigenvalue weighted by Gasteiger charge is -2.17. The highest BCUT2D eigenvalue weighted by Gasteiger charge is 2.39. The number of amides is 2. The molecule has 2 aromatic rings. The number of benzene rings is 1. The van der Waals surface area contributed by atoms with Gasteiger partial charge in [0, 0.05) is 50.6 Å². The molecule has 0 bridgehead atoms. The van der Waals surface area contributed by atoms with Gasteiger partial charge in [0.25, 0.3) is 5.91 Å². The number of likely N-dealkylation sites (tertiary alicyclic amines) is 1. The van der Waals surface area contributed by atoms with Gasteiger partial charge in [0.2, 0.25) is 10.0 Å². The van der Waals surface area contributed by atoms with Crippen molar-refractivity contribution >= 4 is 27.7 Å². The van der Waals surface area contributed by atoms with Gasteiger partial charge in [-0.2, -0.15) is 5.26 Å². The van der Waals surface area contributed by atoms with Gasteiger partial charge in [0.15, 0.2) is 5.82 Å². The number of sulfonamides is 1. The lowest BCUT2D eigenvalue weighted by Crippen LogP contribution is -2.42. The smallest absolute Gasteiger partial charge is 0.407 e. The molecule has 1 aromatic heterocycles. The molecule has 33 heavy (non-hydrogen) atoms. The van der Waals surface area contributed by atoms with E-state index < -0.39 is 62.8 Å². The maximum Gasteiger partial charge on any atom is 0.407 e. The summed E-state index contributed by atoms with van der Waals surface area (Å²) in [7, 11) is -3.30. The van der Waals surface area contributed by atoms with Gasteiger partial charge in [-0.15, -0.1) is 0 Å². The highest BCUT2D eigenvalue weighted by molar-refractivity contribution is 7.89. The summed E-state index contributed by atoms with van der Waals surface area (Å²) in [6.07, 6.45) is -0.420. The average molecular weight is 483 g/mol. The van der Waals surface area contributed by atoms with E-state index in [1.807, 2.05) is 0 Å². The van der Waals surface area contributed by atoms with Crippen LogP contribution in [-0.2, 0) is 17.1 Å². The number of aromatic nitrogens is 1. The molecule has 176 valence electrons. The maximum atomic E-state index is 15.0. The molecule has 2 unspecified atom stereocenters. The van der Waals surface area contributed by atoms with Crippen molar-refractivity contribution in [2.24, 2.45) is 13.0 Å². The van der Waals surface area contributed by atoms with E-state index in [-0.39, 0.29) is 24.3 Å². The highest BCUT2D eigenvalue weighted by Crippen LogP contribution is 2.24. The summed E-state index contributed by atoms with van der Waals surface area (Å²) >= 11 is 0. The summed E-state index contributed by atoms with van der Waals surface area (Å²) in [5, 5.41) is 29.7. The molecule has 3 rings (SSSR count). The largest absolute Gasteiger partial charge is 0.465 e. The van der Waals surface area contributed by atoms with E-state index in [2.05, 4.69) is 10.0 Å². The van der Waals surface area contributed by atoms with E-state index in [4.69, 9.17) is 10.4 Å². The maximum absolute atomic E-state index is 15.0. The first-order chi connectivity index (χ1) is 15.5. The molecule has 2 heterocycles. The molecular formula is C19H19F2N5O6S. The number of hydrogen-bond acceptors (Lipinski definition) is 6. The second-order valence-corrected chi connectivity index (χ2v) is 9.07. The van der Waals surface area contributed by atoms with Crippen molar-refractivity contribution < 1.29 is 37.0 Å². The third kappa shape index (κ3) is 4.80. The predicted molar refractivity (Wildman–Crippen MR) is 109 cm³/mol. The number of nitriles is 1. The molecule has 1 aromatic carbocycles. The Bertz CT molecular complexity index is 1260. The number of anilines is 1. The first-order valence-electron chi connectivity index (χ1n) is 9.45. The molecular weight excluding hydrogens is 464 g/mol. The molecule has 1 aliphatic heterocycles. The second-order valence-electron chi connectivity index (χ2n) is 7.39. The summed E-state index contributed by atoms with van der Waals surface area (Å²) < 4.78 is 57.2. The van der Waals surface area contributed by atoms with Gasteiger partial charge in [-0.05, 0) is 18.2 Å². The number of halogens is 2. The molecule has 2 amide bonds. The average Bonchev–Trinajstić information content (AvgIpc) is 3.29. The fourth-order valence-electron chi connectivity index (χ4n) is 3.50. The predicted octanol–water partition coefficient (Wildman–Crippen LogP) is 0.676. The van der Waals surface area contributed by atoms with Crippen molar-refractivity contribution in [2.45, 2.75) is 10.9 Å². The number of aliphatic hydroxyl groups is 1. The minimum absolute atomic E-state index is 0.00779. The first kappa shape index (κ1) is 24.1. The Morgan fingerprint density at radius 1 is 1.30 bits per heavy atom. The summed E-state index contributed by atoms with van der Waals surface area (Å²) in [6, 6.07) is 3.72. The van der Waals surface area contributed by atoms with Crippen molar-refractivity contribution in [1.82, 2.24) is 14.2 Å². The summed E-state index contributed by atoms with van der Waals surface area (Å²) in [5.74, 6) is -3.95. The van der Waals surface area contributed by atoms with Crippen LogP contribution in [0.2, 0.25) is 0 Å². The quantitative estimate of drug-likeness (QED) is 0.469. The molecule has 0 radical (unpaired) electrons. The van der Waals surface area contributed by atoms with E-state index in [1.54, 1.807) is 6.07 Å². The molecule has 1 aliphatic rings. The van der Waals surface area contributed by atoms with Gasteiger partial charge in [0.05, 0.1) is 5.56 Å². The summed E-state index contributed by atoms with van der Waals surface area (Å²) in [4.78, 5) is 23.8. The zero-order valence-electron chi connectivity index (χ0n) is 17.1. The molecule has 0 saturated carbocycles. The minimum atomic E-state index is -4.54. The van der Waals surface area contributed by atoms with Gasteiger partial charge in [0.1, 0.15) is 22.5 Å². The molecule has 1 saturated heterocycles. The number of aliphatic hydroxyl groups excluding tert-OH is 1. The van der Waals surface area contributed by atoms with E-state index in [1.165, 1.54) is 7.05 Å². The lowest BCUT2D eigenvalue weighted by atomic mass is 10.1. The van der Waals surface area contributed by atoms with Gasteiger partial charge in [-0.25, -0.2) is 26.7 Å². The number of carbonyl (C=O) groups excluding carboxylic acids is 1. The Morgan fingerprint density at radius 3 is 2.61 bits per heavy atom. The van der Waals surface area contributed by atoms with Crippen molar-refractivity contribution in [3.05, 3.63) is 47.3 Å². The van der Waals surface area contributed by atoms with Crippen LogP contribution in [0.4, 0.5) is 19.3 Å². The summed E-state index contributed by atoms with van der Waals surface area (Å²) in [5.41, 5.74) is -1.000. The van der Waals surface area contributed by atoms with Crippen LogP contribution in [0.25, 0.3) is 0 Å². The summed E-state index contributed by atoms with van der Waals surface area (Å²) in [6.45, 7) is -0.843. The van der Waals surface area contributed by atoms with Gasteiger partial charge >= 0.3 is 6.09 Å². The Morgan fingerprint density at radius 2 is 2.00 bits per heavy atom. The first-order valence-corrected chi connectivity index (χ1v) is 10.9. The number of carboxylic acid groups (broad SMARTS) is 1.